The van der Waals surface area contributed by atoms with E-state index in [9.17, 15) is 23.5 Å². The second-order valence-corrected chi connectivity index (χ2v) is 5.40. The van der Waals surface area contributed by atoms with Crippen molar-refractivity contribution in [2.75, 3.05) is 5.32 Å². The van der Waals surface area contributed by atoms with E-state index in [-0.39, 0.29) is 15.6 Å². The van der Waals surface area contributed by atoms with E-state index >= 15 is 0 Å². The highest BCUT2D eigenvalue weighted by molar-refractivity contribution is 6.39. The molecular formula is C16H9Cl2F2NO3. The van der Waals surface area contributed by atoms with Crippen LogP contribution in [0.2, 0.25) is 10.0 Å². The van der Waals surface area contributed by atoms with Crippen molar-refractivity contribution in [1.29, 1.82) is 0 Å². The molecule has 0 fully saturated rings. The standard InChI is InChI=1S/C16H9Cl2F2NO3/c17-12-6-13(18)14(20)5-10(12)15(22)11(16(23)24)7-21-9-3-1-8(19)2-4-9/h1-7,21H,(H,23,24). The van der Waals surface area contributed by atoms with Gasteiger partial charge in [-0.2, -0.15) is 0 Å². The molecule has 0 saturated heterocycles. The number of halogens is 4. The molecule has 0 aromatic heterocycles. The van der Waals surface area contributed by atoms with Crippen molar-refractivity contribution in [3.05, 3.63) is 75.4 Å². The highest BCUT2D eigenvalue weighted by atomic mass is 35.5. The number of carbonyl (C=O) groups is 2. The van der Waals surface area contributed by atoms with Crippen molar-refractivity contribution >= 4 is 40.6 Å². The van der Waals surface area contributed by atoms with Gasteiger partial charge in [-0.15, -0.1) is 0 Å². The summed E-state index contributed by atoms with van der Waals surface area (Å²) in [6.07, 6.45) is 0.917. The molecule has 0 heterocycles. The number of rotatable bonds is 5. The van der Waals surface area contributed by atoms with E-state index in [0.29, 0.717) is 5.69 Å². The first-order valence-corrected chi connectivity index (χ1v) is 7.20. The molecule has 0 aliphatic carbocycles. The van der Waals surface area contributed by atoms with E-state index in [4.69, 9.17) is 23.2 Å². The molecule has 0 spiro atoms. The zero-order valence-corrected chi connectivity index (χ0v) is 13.3. The molecule has 24 heavy (non-hydrogen) atoms. The lowest BCUT2D eigenvalue weighted by Crippen LogP contribution is -2.15. The lowest BCUT2D eigenvalue weighted by atomic mass is 10.0. The van der Waals surface area contributed by atoms with Gasteiger partial charge in [0.2, 0.25) is 5.78 Å². The summed E-state index contributed by atoms with van der Waals surface area (Å²) in [5, 5.41) is 11.3. The maximum Gasteiger partial charge on any atom is 0.341 e. The SMILES string of the molecule is O=C(O)C(=CNc1ccc(F)cc1)C(=O)c1cc(F)c(Cl)cc1Cl. The Morgan fingerprint density at radius 2 is 1.67 bits per heavy atom. The van der Waals surface area contributed by atoms with E-state index in [0.717, 1.165) is 30.5 Å². The normalized spacial score (nSPS) is 11.2. The predicted molar refractivity (Wildman–Crippen MR) is 86.5 cm³/mol. The van der Waals surface area contributed by atoms with Gasteiger partial charge in [-0.1, -0.05) is 23.2 Å². The third-order valence-corrected chi connectivity index (χ3v) is 3.56. The van der Waals surface area contributed by atoms with Gasteiger partial charge >= 0.3 is 5.97 Å². The topological polar surface area (TPSA) is 66.4 Å². The molecular weight excluding hydrogens is 363 g/mol. The van der Waals surface area contributed by atoms with Crippen molar-refractivity contribution in [3.63, 3.8) is 0 Å². The number of ketones is 1. The fraction of sp³-hybridized carbons (Fsp3) is 0. The number of anilines is 1. The summed E-state index contributed by atoms with van der Waals surface area (Å²) in [6.45, 7) is 0. The number of Topliss-reactive ketones (excluding diaryl/α,β-unsaturated/α-hetero) is 1. The zero-order valence-electron chi connectivity index (χ0n) is 11.8. The minimum absolute atomic E-state index is 0.180. The summed E-state index contributed by atoms with van der Waals surface area (Å²) in [7, 11) is 0. The Bertz CT molecular complexity index is 836. The first kappa shape index (κ1) is 17.9. The van der Waals surface area contributed by atoms with Crippen LogP contribution in [0, 0.1) is 11.6 Å². The Morgan fingerprint density at radius 3 is 2.25 bits per heavy atom. The first-order chi connectivity index (χ1) is 11.3. The van der Waals surface area contributed by atoms with E-state index in [1.807, 2.05) is 0 Å². The Balaban J connectivity index is 2.35. The molecule has 0 atom stereocenters. The number of nitrogens with one attached hydrogen (secondary N) is 1. The van der Waals surface area contributed by atoms with Gasteiger partial charge in [-0.25, -0.2) is 13.6 Å². The van der Waals surface area contributed by atoms with Crippen LogP contribution in [0.15, 0.2) is 48.2 Å². The molecule has 124 valence electrons. The van der Waals surface area contributed by atoms with Gasteiger partial charge in [0.15, 0.2) is 0 Å². The Labute approximate surface area is 145 Å². The number of benzene rings is 2. The van der Waals surface area contributed by atoms with Crippen LogP contribution in [0.5, 0.6) is 0 Å². The largest absolute Gasteiger partial charge is 0.477 e. The predicted octanol–water partition coefficient (Wildman–Crippen LogP) is 4.53. The maximum atomic E-state index is 13.5. The third kappa shape index (κ3) is 4.10. The number of carboxylic acids is 1. The summed E-state index contributed by atoms with van der Waals surface area (Å²) < 4.78 is 26.3. The average molecular weight is 372 g/mol. The fourth-order valence-electron chi connectivity index (χ4n) is 1.77. The monoisotopic (exact) mass is 371 g/mol. The smallest absolute Gasteiger partial charge is 0.341 e. The number of hydrogen-bond donors (Lipinski definition) is 2. The molecule has 0 amide bonds. The molecule has 0 unspecified atom stereocenters. The second-order valence-electron chi connectivity index (χ2n) is 4.59. The fourth-order valence-corrected chi connectivity index (χ4v) is 2.24. The summed E-state index contributed by atoms with van der Waals surface area (Å²) in [5.74, 6) is -3.91. The molecule has 2 rings (SSSR count). The van der Waals surface area contributed by atoms with Crippen LogP contribution in [-0.4, -0.2) is 16.9 Å². The Hall–Kier alpha value is -2.44. The molecule has 2 aromatic carbocycles. The molecule has 4 nitrogen and oxygen atoms in total. The maximum absolute atomic E-state index is 13.5. The second kappa shape index (κ2) is 7.42. The number of aliphatic carboxylic acids is 1. The molecule has 2 N–H and O–H groups in total. The number of carbonyl (C=O) groups excluding carboxylic acids is 1. The zero-order chi connectivity index (χ0) is 17.9. The van der Waals surface area contributed by atoms with E-state index in [1.165, 1.54) is 12.1 Å². The highest BCUT2D eigenvalue weighted by Crippen LogP contribution is 2.26. The van der Waals surface area contributed by atoms with Gasteiger partial charge in [0, 0.05) is 17.5 Å². The van der Waals surface area contributed by atoms with Crippen molar-refractivity contribution in [3.8, 4) is 0 Å². The van der Waals surface area contributed by atoms with Crippen molar-refractivity contribution in [2.24, 2.45) is 0 Å². The molecule has 0 bridgehead atoms. The first-order valence-electron chi connectivity index (χ1n) is 6.44. The Kier molecular flexibility index (Phi) is 5.54. The lowest BCUT2D eigenvalue weighted by molar-refractivity contribution is -0.132. The van der Waals surface area contributed by atoms with E-state index in [2.05, 4.69) is 5.32 Å². The minimum atomic E-state index is -1.54. The van der Waals surface area contributed by atoms with Gasteiger partial charge in [-0.3, -0.25) is 4.79 Å². The Morgan fingerprint density at radius 1 is 1.04 bits per heavy atom. The van der Waals surface area contributed by atoms with Gasteiger partial charge in [0.05, 0.1) is 10.0 Å². The van der Waals surface area contributed by atoms with Crippen LogP contribution < -0.4 is 5.32 Å². The van der Waals surface area contributed by atoms with Crippen LogP contribution in [0.1, 0.15) is 10.4 Å². The van der Waals surface area contributed by atoms with Crippen LogP contribution in [-0.2, 0) is 4.79 Å². The summed E-state index contributed by atoms with van der Waals surface area (Å²) in [4.78, 5) is 23.6. The quantitative estimate of drug-likeness (QED) is 0.266. The van der Waals surface area contributed by atoms with Crippen LogP contribution in [0.25, 0.3) is 0 Å². The lowest BCUT2D eigenvalue weighted by Gasteiger charge is -2.07. The third-order valence-electron chi connectivity index (χ3n) is 2.96. The summed E-state index contributed by atoms with van der Waals surface area (Å²) in [6, 6.07) is 6.80. The number of hydrogen-bond acceptors (Lipinski definition) is 3. The number of carboxylic acid groups (broad SMARTS) is 1. The average Bonchev–Trinajstić information content (AvgIpc) is 2.52. The summed E-state index contributed by atoms with van der Waals surface area (Å²) >= 11 is 11.4. The van der Waals surface area contributed by atoms with Crippen molar-refractivity contribution in [2.45, 2.75) is 0 Å². The minimum Gasteiger partial charge on any atom is -0.477 e. The van der Waals surface area contributed by atoms with Gasteiger partial charge in [-0.05, 0) is 36.4 Å². The molecule has 0 aliphatic heterocycles. The molecule has 0 saturated carbocycles. The van der Waals surface area contributed by atoms with Gasteiger partial charge in [0.1, 0.15) is 17.2 Å². The molecule has 8 heteroatoms. The van der Waals surface area contributed by atoms with E-state index in [1.54, 1.807) is 0 Å². The highest BCUT2D eigenvalue weighted by Gasteiger charge is 2.23. The van der Waals surface area contributed by atoms with Gasteiger partial charge < -0.3 is 10.4 Å². The van der Waals surface area contributed by atoms with Crippen LogP contribution in [0.3, 0.4) is 0 Å². The molecule has 0 radical (unpaired) electrons. The van der Waals surface area contributed by atoms with Crippen LogP contribution in [0.4, 0.5) is 14.5 Å². The van der Waals surface area contributed by atoms with Gasteiger partial charge in [0.25, 0.3) is 0 Å². The van der Waals surface area contributed by atoms with Crippen molar-refractivity contribution in [1.82, 2.24) is 0 Å². The van der Waals surface area contributed by atoms with Crippen molar-refractivity contribution < 1.29 is 23.5 Å². The molecule has 2 aromatic rings. The summed E-state index contributed by atoms with van der Waals surface area (Å²) in [5.41, 5.74) is -0.660. The molecule has 0 aliphatic rings. The van der Waals surface area contributed by atoms with E-state index < -0.39 is 29.0 Å². The van der Waals surface area contributed by atoms with Crippen LogP contribution >= 0.6 is 23.2 Å².